The lowest BCUT2D eigenvalue weighted by Crippen LogP contribution is -2.39. The number of aliphatic imine (C=N–C) groups is 1. The van der Waals surface area contributed by atoms with Crippen molar-refractivity contribution in [3.05, 3.63) is 35.9 Å². The van der Waals surface area contributed by atoms with Gasteiger partial charge in [-0.25, -0.2) is 4.99 Å². The van der Waals surface area contributed by atoms with Crippen LogP contribution in [0.1, 0.15) is 31.7 Å². The maximum atomic E-state index is 4.72. The largest absolute Gasteiger partial charge is 0.356 e. The molecule has 0 spiro atoms. The first-order valence-electron chi connectivity index (χ1n) is 8.91. The predicted octanol–water partition coefficient (Wildman–Crippen LogP) is 2.82. The quantitative estimate of drug-likeness (QED) is 0.647. The maximum Gasteiger partial charge on any atom is 0.193 e. The minimum Gasteiger partial charge on any atom is -0.356 e. The van der Waals surface area contributed by atoms with Crippen LogP contribution >= 0.6 is 0 Å². The summed E-state index contributed by atoms with van der Waals surface area (Å²) in [5.41, 5.74) is 1.25. The average Bonchev–Trinajstić information content (AvgIpc) is 2.59. The maximum absolute atomic E-state index is 4.72. The van der Waals surface area contributed by atoms with Crippen molar-refractivity contribution >= 4 is 5.96 Å². The normalized spacial score (nSPS) is 17.3. The highest BCUT2D eigenvalue weighted by Gasteiger charge is 2.17. The van der Waals surface area contributed by atoms with Gasteiger partial charge in [0.2, 0.25) is 0 Å². The van der Waals surface area contributed by atoms with Gasteiger partial charge in [-0.2, -0.15) is 0 Å². The Labute approximate surface area is 141 Å². The highest BCUT2D eigenvalue weighted by Crippen LogP contribution is 2.19. The smallest absolute Gasteiger partial charge is 0.193 e. The van der Waals surface area contributed by atoms with Gasteiger partial charge in [0, 0.05) is 20.6 Å². The first-order chi connectivity index (χ1) is 11.2. The van der Waals surface area contributed by atoms with Crippen LogP contribution in [-0.2, 0) is 6.54 Å². The molecular weight excluding hydrogens is 284 g/mol. The highest BCUT2D eigenvalue weighted by atomic mass is 15.3. The molecule has 1 aliphatic heterocycles. The van der Waals surface area contributed by atoms with Crippen molar-refractivity contribution in [2.45, 2.75) is 32.7 Å². The number of guanidine groups is 1. The minimum absolute atomic E-state index is 0.732. The molecule has 0 bridgehead atoms. The molecule has 0 saturated carbocycles. The summed E-state index contributed by atoms with van der Waals surface area (Å²) in [4.78, 5) is 9.35. The van der Waals surface area contributed by atoms with E-state index in [1.165, 1.54) is 44.5 Å². The molecule has 1 saturated heterocycles. The number of nitrogens with one attached hydrogen (secondary N) is 1. The lowest BCUT2D eigenvalue weighted by molar-refractivity contribution is 0.187. The zero-order chi connectivity index (χ0) is 16.5. The van der Waals surface area contributed by atoms with E-state index in [9.17, 15) is 0 Å². The summed E-state index contributed by atoms with van der Waals surface area (Å²) >= 11 is 0. The summed E-state index contributed by atoms with van der Waals surface area (Å²) in [5, 5.41) is 3.52. The summed E-state index contributed by atoms with van der Waals surface area (Å²) < 4.78 is 0. The predicted molar refractivity (Wildman–Crippen MR) is 98.7 cm³/mol. The van der Waals surface area contributed by atoms with Crippen LogP contribution in [0.25, 0.3) is 0 Å². The molecular formula is C19H32N4. The molecule has 0 aromatic heterocycles. The first kappa shape index (κ1) is 17.8. The van der Waals surface area contributed by atoms with Gasteiger partial charge in [0.05, 0.1) is 6.54 Å². The van der Waals surface area contributed by atoms with E-state index in [0.29, 0.717) is 0 Å². The monoisotopic (exact) mass is 316 g/mol. The van der Waals surface area contributed by atoms with E-state index in [1.54, 1.807) is 0 Å². The third kappa shape index (κ3) is 6.22. The van der Waals surface area contributed by atoms with Crippen molar-refractivity contribution < 1.29 is 0 Å². The van der Waals surface area contributed by atoms with Crippen molar-refractivity contribution in [1.29, 1.82) is 0 Å². The molecule has 0 unspecified atom stereocenters. The Bertz CT molecular complexity index is 462. The van der Waals surface area contributed by atoms with Crippen LogP contribution in [0.4, 0.5) is 0 Å². The summed E-state index contributed by atoms with van der Waals surface area (Å²) in [7, 11) is 4.10. The molecule has 0 aliphatic carbocycles. The molecule has 1 N–H and O–H groups in total. The molecule has 23 heavy (non-hydrogen) atoms. The second-order valence-corrected chi connectivity index (χ2v) is 6.61. The van der Waals surface area contributed by atoms with E-state index in [2.05, 4.69) is 60.4 Å². The summed E-state index contributed by atoms with van der Waals surface area (Å²) in [6.45, 7) is 7.74. The number of rotatable bonds is 6. The highest BCUT2D eigenvalue weighted by molar-refractivity contribution is 5.79. The molecule has 1 aromatic rings. The van der Waals surface area contributed by atoms with Gasteiger partial charge in [-0.1, -0.05) is 37.3 Å². The minimum atomic E-state index is 0.732. The number of hydrogen-bond donors (Lipinski definition) is 1. The fraction of sp³-hybridized carbons (Fsp3) is 0.632. The van der Waals surface area contributed by atoms with Crippen molar-refractivity contribution in [2.24, 2.45) is 10.9 Å². The number of likely N-dealkylation sites (tertiary alicyclic amines) is 1. The lowest BCUT2D eigenvalue weighted by Gasteiger charge is -2.31. The Morgan fingerprint density at radius 2 is 1.91 bits per heavy atom. The molecule has 0 radical (unpaired) electrons. The van der Waals surface area contributed by atoms with Crippen LogP contribution < -0.4 is 5.32 Å². The zero-order valence-corrected chi connectivity index (χ0v) is 15.0. The molecule has 0 amide bonds. The second kappa shape index (κ2) is 9.56. The summed E-state index contributed by atoms with van der Waals surface area (Å²) in [5.74, 6) is 1.85. The van der Waals surface area contributed by atoms with E-state index in [0.717, 1.165) is 25.0 Å². The lowest BCUT2D eigenvalue weighted by atomic mass is 9.93. The van der Waals surface area contributed by atoms with E-state index < -0.39 is 0 Å². The van der Waals surface area contributed by atoms with Gasteiger partial charge in [-0.05, 0) is 50.4 Å². The molecule has 1 aliphatic rings. The number of nitrogens with zero attached hydrogens (tertiary/aromatic N) is 3. The molecule has 1 fully saturated rings. The first-order valence-corrected chi connectivity index (χ1v) is 8.91. The molecule has 0 atom stereocenters. The Kier molecular flexibility index (Phi) is 7.40. The van der Waals surface area contributed by atoms with Gasteiger partial charge < -0.3 is 15.1 Å². The third-order valence-electron chi connectivity index (χ3n) is 4.67. The number of hydrogen-bond acceptors (Lipinski definition) is 2. The Balaban J connectivity index is 1.74. The van der Waals surface area contributed by atoms with Gasteiger partial charge in [0.15, 0.2) is 5.96 Å². The van der Waals surface area contributed by atoms with Crippen LogP contribution in [0.15, 0.2) is 35.3 Å². The van der Waals surface area contributed by atoms with Gasteiger partial charge in [-0.3, -0.25) is 0 Å². The number of piperidine rings is 1. The molecule has 128 valence electrons. The molecule has 4 nitrogen and oxygen atoms in total. The van der Waals surface area contributed by atoms with Crippen LogP contribution in [0.2, 0.25) is 0 Å². The number of benzene rings is 1. The standard InChI is InChI=1S/C19H32N4/c1-4-23-14-11-17(12-15-23)10-13-20-19(22(2)3)21-16-18-8-6-5-7-9-18/h5-9,17H,4,10-16H2,1-3H3,(H,20,21). The van der Waals surface area contributed by atoms with Crippen molar-refractivity contribution in [2.75, 3.05) is 40.3 Å². The van der Waals surface area contributed by atoms with Crippen molar-refractivity contribution in [1.82, 2.24) is 15.1 Å². The fourth-order valence-electron chi connectivity index (χ4n) is 3.08. The van der Waals surface area contributed by atoms with Crippen molar-refractivity contribution in [3.63, 3.8) is 0 Å². The zero-order valence-electron chi connectivity index (χ0n) is 15.0. The molecule has 1 aromatic carbocycles. The second-order valence-electron chi connectivity index (χ2n) is 6.61. The third-order valence-corrected chi connectivity index (χ3v) is 4.67. The molecule has 2 rings (SSSR count). The van der Waals surface area contributed by atoms with Gasteiger partial charge >= 0.3 is 0 Å². The summed E-state index contributed by atoms with van der Waals surface area (Å²) in [6, 6.07) is 10.4. The van der Waals surface area contributed by atoms with E-state index in [-0.39, 0.29) is 0 Å². The van der Waals surface area contributed by atoms with Gasteiger partial charge in [-0.15, -0.1) is 0 Å². The fourth-order valence-corrected chi connectivity index (χ4v) is 3.08. The summed E-state index contributed by atoms with van der Waals surface area (Å²) in [6.07, 6.45) is 3.93. The van der Waals surface area contributed by atoms with E-state index in [4.69, 9.17) is 4.99 Å². The van der Waals surface area contributed by atoms with Crippen LogP contribution in [0.3, 0.4) is 0 Å². The van der Waals surface area contributed by atoms with Crippen LogP contribution in [-0.4, -0.2) is 56.0 Å². The van der Waals surface area contributed by atoms with Gasteiger partial charge in [0.25, 0.3) is 0 Å². The SMILES string of the molecule is CCN1CCC(CCNC(=NCc2ccccc2)N(C)C)CC1. The van der Waals surface area contributed by atoms with Crippen molar-refractivity contribution in [3.8, 4) is 0 Å². The van der Waals surface area contributed by atoms with Gasteiger partial charge in [0.1, 0.15) is 0 Å². The van der Waals surface area contributed by atoms with Crippen LogP contribution in [0, 0.1) is 5.92 Å². The van der Waals surface area contributed by atoms with E-state index in [1.807, 2.05) is 6.07 Å². The van der Waals surface area contributed by atoms with E-state index >= 15 is 0 Å². The topological polar surface area (TPSA) is 30.9 Å². The van der Waals surface area contributed by atoms with Crippen LogP contribution in [0.5, 0.6) is 0 Å². The Morgan fingerprint density at radius 3 is 2.52 bits per heavy atom. The average molecular weight is 316 g/mol. The molecule has 4 heteroatoms. The molecule has 1 heterocycles. The Morgan fingerprint density at radius 1 is 1.22 bits per heavy atom. The Hall–Kier alpha value is -1.55.